The normalized spacial score (nSPS) is 12.7. The number of terminal acetylenes is 1. The fraction of sp³-hybridized carbons (Fsp3) is 0.174. The molecule has 7 heteroatoms. The molecule has 0 saturated heterocycles. The highest BCUT2D eigenvalue weighted by Gasteiger charge is 2.25. The van der Waals surface area contributed by atoms with E-state index in [0.29, 0.717) is 24.0 Å². The number of pyridine rings is 1. The minimum Gasteiger partial charge on any atom is -0.332 e. The van der Waals surface area contributed by atoms with E-state index in [1.807, 2.05) is 54.8 Å². The molecule has 0 radical (unpaired) electrons. The van der Waals surface area contributed by atoms with Crippen molar-refractivity contribution < 1.29 is 4.52 Å². The van der Waals surface area contributed by atoms with Crippen LogP contribution >= 0.6 is 0 Å². The number of nitrogens with zero attached hydrogens (tertiary/aromatic N) is 6. The zero-order valence-electron chi connectivity index (χ0n) is 16.6. The van der Waals surface area contributed by atoms with Gasteiger partial charge in [0.2, 0.25) is 0 Å². The summed E-state index contributed by atoms with van der Waals surface area (Å²) in [4.78, 5) is 18.5. The zero-order chi connectivity index (χ0) is 20.7. The average Bonchev–Trinajstić information content (AvgIpc) is 3.39. The molecule has 3 aromatic heterocycles. The van der Waals surface area contributed by atoms with Crippen molar-refractivity contribution in [1.29, 1.82) is 0 Å². The van der Waals surface area contributed by atoms with Gasteiger partial charge in [-0.3, -0.25) is 14.5 Å². The molecule has 0 saturated carbocycles. The Labute approximate surface area is 173 Å². The molecule has 4 aromatic rings. The Morgan fingerprint density at radius 3 is 2.80 bits per heavy atom. The minimum absolute atomic E-state index is 0.167. The third-order valence-corrected chi connectivity index (χ3v) is 5.00. The first-order valence-corrected chi connectivity index (χ1v) is 9.63. The maximum absolute atomic E-state index is 5.66. The lowest BCUT2D eigenvalue weighted by Crippen LogP contribution is -2.08. The summed E-state index contributed by atoms with van der Waals surface area (Å²) in [7, 11) is 0. The lowest BCUT2D eigenvalue weighted by molar-refractivity contribution is 0.418. The molecule has 0 spiro atoms. The number of benzene rings is 1. The Hall–Kier alpha value is -4.05. The third kappa shape index (κ3) is 2.90. The highest BCUT2D eigenvalue weighted by Crippen LogP contribution is 2.31. The molecule has 4 heterocycles. The minimum atomic E-state index is 0.167. The summed E-state index contributed by atoms with van der Waals surface area (Å²) in [6.07, 6.45) is 9.17. The van der Waals surface area contributed by atoms with Gasteiger partial charge in [-0.1, -0.05) is 31.0 Å². The van der Waals surface area contributed by atoms with E-state index in [4.69, 9.17) is 15.9 Å². The van der Waals surface area contributed by atoms with Crippen molar-refractivity contribution in [1.82, 2.24) is 24.7 Å². The van der Waals surface area contributed by atoms with Crippen molar-refractivity contribution in [2.24, 2.45) is 4.99 Å². The van der Waals surface area contributed by atoms with Gasteiger partial charge in [-0.2, -0.15) is 4.98 Å². The van der Waals surface area contributed by atoms with Gasteiger partial charge in [-0.15, -0.1) is 6.42 Å². The van der Waals surface area contributed by atoms with Crippen molar-refractivity contribution in [3.8, 4) is 29.6 Å². The van der Waals surface area contributed by atoms with E-state index in [0.717, 1.165) is 33.9 Å². The number of rotatable bonds is 3. The molecule has 0 fully saturated rings. The number of hydrogen-bond acceptors (Lipinski definition) is 6. The average molecular weight is 394 g/mol. The van der Waals surface area contributed by atoms with Crippen molar-refractivity contribution >= 4 is 5.71 Å². The quantitative estimate of drug-likeness (QED) is 0.494. The second-order valence-corrected chi connectivity index (χ2v) is 7.28. The monoisotopic (exact) mass is 394 g/mol. The van der Waals surface area contributed by atoms with Gasteiger partial charge in [0.1, 0.15) is 6.33 Å². The Balaban J connectivity index is 1.71. The van der Waals surface area contributed by atoms with Gasteiger partial charge < -0.3 is 4.52 Å². The van der Waals surface area contributed by atoms with Crippen LogP contribution in [0.15, 0.2) is 58.4 Å². The zero-order valence-corrected chi connectivity index (χ0v) is 16.6. The van der Waals surface area contributed by atoms with Crippen molar-refractivity contribution in [3.05, 3.63) is 77.3 Å². The van der Waals surface area contributed by atoms with E-state index in [1.54, 1.807) is 12.5 Å². The predicted molar refractivity (Wildman–Crippen MR) is 112 cm³/mol. The highest BCUT2D eigenvalue weighted by atomic mass is 16.5. The van der Waals surface area contributed by atoms with Crippen molar-refractivity contribution in [2.45, 2.75) is 26.3 Å². The molecule has 0 N–H and O–H groups in total. The van der Waals surface area contributed by atoms with Crippen molar-refractivity contribution in [2.75, 3.05) is 0 Å². The van der Waals surface area contributed by atoms with Gasteiger partial charge in [-0.25, -0.2) is 4.98 Å². The van der Waals surface area contributed by atoms with E-state index in [-0.39, 0.29) is 5.92 Å². The Morgan fingerprint density at radius 2 is 2.07 bits per heavy atom. The summed E-state index contributed by atoms with van der Waals surface area (Å²) in [5.41, 5.74) is 5.67. The second-order valence-electron chi connectivity index (χ2n) is 7.28. The van der Waals surface area contributed by atoms with Crippen LogP contribution in [0.5, 0.6) is 0 Å². The summed E-state index contributed by atoms with van der Waals surface area (Å²) in [6, 6.07) is 11.6. The molecular weight excluding hydrogens is 376 g/mol. The van der Waals surface area contributed by atoms with E-state index < -0.39 is 0 Å². The van der Waals surface area contributed by atoms with E-state index >= 15 is 0 Å². The summed E-state index contributed by atoms with van der Waals surface area (Å²) < 4.78 is 7.49. The Morgan fingerprint density at radius 1 is 1.17 bits per heavy atom. The molecule has 0 atom stereocenters. The van der Waals surface area contributed by atoms with Crippen LogP contribution in [0, 0.1) is 12.3 Å². The molecule has 7 nitrogen and oxygen atoms in total. The molecule has 1 aliphatic rings. The second kappa shape index (κ2) is 7.08. The molecule has 0 aliphatic carbocycles. The molecule has 146 valence electrons. The number of aliphatic imine (C=N–C) groups is 1. The maximum Gasteiger partial charge on any atom is 0.278 e. The van der Waals surface area contributed by atoms with Gasteiger partial charge in [-0.05, 0) is 30.3 Å². The first-order chi connectivity index (χ1) is 14.7. The van der Waals surface area contributed by atoms with Crippen LogP contribution in [-0.2, 0) is 6.54 Å². The number of hydrogen-bond donors (Lipinski definition) is 0. The number of aromatic nitrogens is 5. The van der Waals surface area contributed by atoms with E-state index in [2.05, 4.69) is 26.0 Å². The summed E-state index contributed by atoms with van der Waals surface area (Å²) in [5, 5.41) is 4.07. The fourth-order valence-corrected chi connectivity index (χ4v) is 3.46. The first-order valence-electron chi connectivity index (χ1n) is 9.63. The van der Waals surface area contributed by atoms with Crippen LogP contribution in [0.25, 0.3) is 17.3 Å². The summed E-state index contributed by atoms with van der Waals surface area (Å²) in [6.45, 7) is 4.43. The van der Waals surface area contributed by atoms with Gasteiger partial charge in [0.15, 0.2) is 11.5 Å². The molecule has 0 unspecified atom stereocenters. The maximum atomic E-state index is 5.66. The predicted octanol–water partition coefficient (Wildman–Crippen LogP) is 3.77. The first kappa shape index (κ1) is 18.0. The molecule has 0 bridgehead atoms. The number of fused-ring (bicyclic) bond motifs is 3. The smallest absolute Gasteiger partial charge is 0.278 e. The van der Waals surface area contributed by atoms with Crippen molar-refractivity contribution in [3.63, 3.8) is 0 Å². The van der Waals surface area contributed by atoms with E-state index in [1.165, 1.54) is 0 Å². The largest absolute Gasteiger partial charge is 0.332 e. The lowest BCUT2D eigenvalue weighted by Gasteiger charge is -2.11. The highest BCUT2D eigenvalue weighted by molar-refractivity contribution is 6.14. The number of imidazole rings is 1. The SMILES string of the molecule is C#Cc1ccc2c(c1)C(c1ccccn1)=NCc1c(-c3nc(C(C)C)no3)ncn1-2. The van der Waals surface area contributed by atoms with Crippen LogP contribution in [0.1, 0.15) is 48.1 Å². The molecule has 0 amide bonds. The van der Waals surface area contributed by atoms with Gasteiger partial charge in [0.25, 0.3) is 5.89 Å². The Kier molecular flexibility index (Phi) is 4.25. The summed E-state index contributed by atoms with van der Waals surface area (Å²) in [5.74, 6) is 3.92. The molecule has 1 aromatic carbocycles. The van der Waals surface area contributed by atoms with E-state index in [9.17, 15) is 0 Å². The van der Waals surface area contributed by atoms with Crippen LogP contribution in [0.4, 0.5) is 0 Å². The van der Waals surface area contributed by atoms with Gasteiger partial charge >= 0.3 is 0 Å². The summed E-state index contributed by atoms with van der Waals surface area (Å²) >= 11 is 0. The molecular formula is C23H18N6O. The third-order valence-electron chi connectivity index (χ3n) is 5.00. The lowest BCUT2D eigenvalue weighted by atomic mass is 10.0. The van der Waals surface area contributed by atoms with Gasteiger partial charge in [0, 0.05) is 23.2 Å². The topological polar surface area (TPSA) is 82.0 Å². The standard InChI is InChI=1S/C23H18N6O/c1-4-15-8-9-18-16(11-15)20(17-7-5-6-10-24-17)25-12-19-21(26-13-29(18)19)23-27-22(14(2)3)28-30-23/h1,5-11,13-14H,12H2,2-3H3. The molecule has 5 rings (SSSR count). The fourth-order valence-electron chi connectivity index (χ4n) is 3.46. The van der Waals surface area contributed by atoms with Crippen LogP contribution in [0.2, 0.25) is 0 Å². The van der Waals surface area contributed by atoms with Gasteiger partial charge in [0.05, 0.1) is 29.3 Å². The molecule has 30 heavy (non-hydrogen) atoms. The Bertz CT molecular complexity index is 1310. The molecule has 1 aliphatic heterocycles. The van der Waals surface area contributed by atoms with Crippen LogP contribution in [-0.4, -0.2) is 30.4 Å². The van der Waals surface area contributed by atoms with Crippen LogP contribution < -0.4 is 0 Å². The van der Waals surface area contributed by atoms with Crippen LogP contribution in [0.3, 0.4) is 0 Å².